The molecule has 1 aromatic rings. The fourth-order valence-electron chi connectivity index (χ4n) is 5.20. The molecular weight excluding hydrogens is 452 g/mol. The number of fused-ring (bicyclic) bond motifs is 2. The van der Waals surface area contributed by atoms with E-state index in [0.717, 1.165) is 18.4 Å². The third-order valence-electron chi connectivity index (χ3n) is 7.14. The van der Waals surface area contributed by atoms with Crippen LogP contribution in [0.3, 0.4) is 0 Å². The highest BCUT2D eigenvalue weighted by atomic mass is 16.7. The topological polar surface area (TPSA) is 112 Å². The van der Waals surface area contributed by atoms with E-state index in [2.05, 4.69) is 5.48 Å². The van der Waals surface area contributed by atoms with Gasteiger partial charge in [-0.05, 0) is 64.4 Å². The molecule has 3 fully saturated rings. The van der Waals surface area contributed by atoms with E-state index in [1.54, 1.807) is 4.90 Å². The third kappa shape index (κ3) is 5.87. The van der Waals surface area contributed by atoms with Gasteiger partial charge >= 0.3 is 12.1 Å². The number of carbonyl (C=O) groups excluding carboxylic acids is 2. The van der Waals surface area contributed by atoms with Gasteiger partial charge in [-0.1, -0.05) is 30.3 Å². The van der Waals surface area contributed by atoms with E-state index in [-0.39, 0.29) is 30.0 Å². The van der Waals surface area contributed by atoms with Gasteiger partial charge in [-0.3, -0.25) is 14.5 Å². The number of nitrogens with zero attached hydrogens (tertiary/aromatic N) is 3. The number of hydroxylamine groups is 3. The molecule has 1 saturated carbocycles. The average Bonchev–Trinajstić information content (AvgIpc) is 3.37. The van der Waals surface area contributed by atoms with Crippen molar-refractivity contribution in [3.05, 3.63) is 35.9 Å². The van der Waals surface area contributed by atoms with Crippen LogP contribution in [-0.4, -0.2) is 74.8 Å². The molecule has 2 unspecified atom stereocenters. The van der Waals surface area contributed by atoms with Crippen LogP contribution in [0.25, 0.3) is 0 Å². The van der Waals surface area contributed by atoms with Crippen molar-refractivity contribution in [1.29, 1.82) is 0 Å². The molecule has 2 aliphatic heterocycles. The lowest BCUT2D eigenvalue weighted by Gasteiger charge is -2.35. The molecule has 2 saturated heterocycles. The second-order valence-corrected chi connectivity index (χ2v) is 10.7. The molecule has 4 rings (SSSR count). The summed E-state index contributed by atoms with van der Waals surface area (Å²) < 4.78 is 0. The largest absolute Gasteiger partial charge is 0.465 e. The minimum Gasteiger partial charge on any atom is -0.465 e. The highest BCUT2D eigenvalue weighted by Crippen LogP contribution is 2.32. The molecule has 2 bridgehead atoms. The van der Waals surface area contributed by atoms with Crippen molar-refractivity contribution in [2.75, 3.05) is 13.1 Å². The first-order chi connectivity index (χ1) is 16.6. The predicted octanol–water partition coefficient (Wildman–Crippen LogP) is 3.38. The zero-order chi connectivity index (χ0) is 25.2. The van der Waals surface area contributed by atoms with Gasteiger partial charge in [0.1, 0.15) is 12.6 Å². The standard InChI is InChI=1S/C25H36N4O6/c1-25(2,3)28(24(32)33)14-18-9-11-20(13-18)35-26-22(30)21-12-10-19-15-27(21)23(31)29(19)34-16-17-7-5-4-6-8-17/h4-8,18-21H,9-16H2,1-3H3,(H,26,30)(H,32,33)/t18?,19-,20?,21+/m1/s1. The normalized spacial score (nSPS) is 26.2. The number of urea groups is 1. The van der Waals surface area contributed by atoms with Crippen molar-refractivity contribution in [1.82, 2.24) is 20.3 Å². The number of carboxylic acid groups (broad SMARTS) is 1. The smallest absolute Gasteiger partial charge is 0.407 e. The van der Waals surface area contributed by atoms with Gasteiger partial charge < -0.3 is 14.9 Å². The first kappa shape index (κ1) is 25.2. The van der Waals surface area contributed by atoms with E-state index in [1.807, 2.05) is 51.1 Å². The van der Waals surface area contributed by atoms with Crippen LogP contribution in [0.5, 0.6) is 0 Å². The van der Waals surface area contributed by atoms with Crippen LogP contribution in [-0.2, 0) is 21.1 Å². The maximum atomic E-state index is 12.9. The van der Waals surface area contributed by atoms with Crippen LogP contribution in [0.1, 0.15) is 58.4 Å². The Morgan fingerprint density at radius 1 is 1.14 bits per heavy atom. The minimum absolute atomic E-state index is 0.0632. The van der Waals surface area contributed by atoms with E-state index in [0.29, 0.717) is 39.0 Å². The van der Waals surface area contributed by atoms with Crippen molar-refractivity contribution >= 4 is 18.0 Å². The molecule has 2 heterocycles. The molecule has 4 amide bonds. The van der Waals surface area contributed by atoms with Crippen LogP contribution in [0.15, 0.2) is 30.3 Å². The van der Waals surface area contributed by atoms with Gasteiger partial charge in [-0.15, -0.1) is 0 Å². The van der Waals surface area contributed by atoms with Gasteiger partial charge in [0.2, 0.25) is 0 Å². The SMILES string of the molecule is CC(C)(C)N(CC1CCC(ONC(=O)[C@@H]2CC[C@@H]3CN2C(=O)N3OCc2ccccc2)C1)C(=O)O. The zero-order valence-corrected chi connectivity index (χ0v) is 20.7. The molecule has 1 aromatic carbocycles. The summed E-state index contributed by atoms with van der Waals surface area (Å²) in [4.78, 5) is 51.9. The van der Waals surface area contributed by atoms with Gasteiger partial charge in [0.15, 0.2) is 0 Å². The van der Waals surface area contributed by atoms with E-state index in [9.17, 15) is 19.5 Å². The molecule has 0 aromatic heterocycles. The Morgan fingerprint density at radius 2 is 1.89 bits per heavy atom. The third-order valence-corrected chi connectivity index (χ3v) is 7.14. The quantitative estimate of drug-likeness (QED) is 0.543. The summed E-state index contributed by atoms with van der Waals surface area (Å²) in [7, 11) is 0. The number of piperidine rings is 1. The average molecular weight is 489 g/mol. The lowest BCUT2D eigenvalue weighted by atomic mass is 10.0. The van der Waals surface area contributed by atoms with Crippen molar-refractivity contribution in [2.45, 2.75) is 83.2 Å². The lowest BCUT2D eigenvalue weighted by Crippen LogP contribution is -2.50. The van der Waals surface area contributed by atoms with E-state index < -0.39 is 17.7 Å². The number of hydrogen-bond donors (Lipinski definition) is 2. The summed E-state index contributed by atoms with van der Waals surface area (Å²) in [5.41, 5.74) is 3.08. The molecule has 2 N–H and O–H groups in total. The molecule has 0 radical (unpaired) electrons. The van der Waals surface area contributed by atoms with Crippen LogP contribution in [0.4, 0.5) is 9.59 Å². The fraction of sp³-hybridized carbons (Fsp3) is 0.640. The van der Waals surface area contributed by atoms with Crippen LogP contribution in [0.2, 0.25) is 0 Å². The van der Waals surface area contributed by atoms with Crippen molar-refractivity contribution in [3.63, 3.8) is 0 Å². The summed E-state index contributed by atoms with van der Waals surface area (Å²) >= 11 is 0. The summed E-state index contributed by atoms with van der Waals surface area (Å²) in [6.07, 6.45) is 2.39. The van der Waals surface area contributed by atoms with E-state index in [1.165, 1.54) is 9.96 Å². The van der Waals surface area contributed by atoms with Gasteiger partial charge in [0, 0.05) is 18.6 Å². The van der Waals surface area contributed by atoms with Gasteiger partial charge in [0.05, 0.1) is 12.1 Å². The van der Waals surface area contributed by atoms with Gasteiger partial charge in [0.25, 0.3) is 5.91 Å². The van der Waals surface area contributed by atoms with Crippen LogP contribution >= 0.6 is 0 Å². The van der Waals surface area contributed by atoms with E-state index >= 15 is 0 Å². The van der Waals surface area contributed by atoms with Crippen molar-refractivity contribution in [3.8, 4) is 0 Å². The number of rotatable bonds is 8. The molecule has 35 heavy (non-hydrogen) atoms. The monoisotopic (exact) mass is 488 g/mol. The summed E-state index contributed by atoms with van der Waals surface area (Å²) in [6.45, 7) is 6.84. The molecule has 0 spiro atoms. The first-order valence-electron chi connectivity index (χ1n) is 12.4. The molecule has 10 nitrogen and oxygen atoms in total. The number of amides is 4. The molecular formula is C25H36N4O6. The fourth-order valence-corrected chi connectivity index (χ4v) is 5.20. The summed E-state index contributed by atoms with van der Waals surface area (Å²) in [5.74, 6) is -0.148. The number of hydrogen-bond acceptors (Lipinski definition) is 5. The van der Waals surface area contributed by atoms with Gasteiger partial charge in [-0.25, -0.2) is 15.1 Å². The first-order valence-corrected chi connectivity index (χ1v) is 12.4. The Hall–Kier alpha value is -2.85. The van der Waals surface area contributed by atoms with Crippen molar-refractivity contribution < 1.29 is 29.2 Å². The lowest BCUT2D eigenvalue weighted by molar-refractivity contribution is -0.144. The molecule has 4 atom stereocenters. The Kier molecular flexibility index (Phi) is 7.51. The minimum atomic E-state index is -0.928. The molecule has 192 valence electrons. The highest BCUT2D eigenvalue weighted by molar-refractivity contribution is 5.88. The Labute approximate surface area is 206 Å². The summed E-state index contributed by atoms with van der Waals surface area (Å²) in [5, 5.41) is 10.9. The second-order valence-electron chi connectivity index (χ2n) is 10.7. The van der Waals surface area contributed by atoms with Crippen LogP contribution < -0.4 is 5.48 Å². The maximum Gasteiger partial charge on any atom is 0.407 e. The Bertz CT molecular complexity index is 920. The Balaban J connectivity index is 1.24. The second kappa shape index (κ2) is 10.4. The molecule has 1 aliphatic carbocycles. The van der Waals surface area contributed by atoms with Crippen LogP contribution in [0, 0.1) is 5.92 Å². The van der Waals surface area contributed by atoms with Crippen molar-refractivity contribution in [2.24, 2.45) is 5.92 Å². The maximum absolute atomic E-state index is 12.9. The zero-order valence-electron chi connectivity index (χ0n) is 20.7. The Morgan fingerprint density at radius 3 is 2.57 bits per heavy atom. The highest BCUT2D eigenvalue weighted by Gasteiger charge is 2.48. The number of carbonyl (C=O) groups is 3. The van der Waals surface area contributed by atoms with Gasteiger partial charge in [-0.2, -0.15) is 5.06 Å². The number of nitrogens with one attached hydrogen (secondary N) is 1. The molecule has 10 heteroatoms. The number of benzene rings is 1. The van der Waals surface area contributed by atoms with E-state index in [4.69, 9.17) is 9.68 Å². The summed E-state index contributed by atoms with van der Waals surface area (Å²) in [6, 6.07) is 8.71. The predicted molar refractivity (Wildman–Crippen MR) is 127 cm³/mol. The molecule has 3 aliphatic rings.